The van der Waals surface area contributed by atoms with Crippen molar-refractivity contribution >= 4 is 17.6 Å². The molecule has 1 atom stereocenters. The maximum atomic E-state index is 12.0. The van der Waals surface area contributed by atoms with Gasteiger partial charge < -0.3 is 16.0 Å². The summed E-state index contributed by atoms with van der Waals surface area (Å²) in [7, 11) is 0. The number of hydrogen-bond donors (Lipinski definition) is 3. The summed E-state index contributed by atoms with van der Waals surface area (Å²) in [5.41, 5.74) is 2.66. The molecule has 3 amide bonds. The maximum absolute atomic E-state index is 12.0. The van der Waals surface area contributed by atoms with E-state index in [2.05, 4.69) is 27.8 Å². The van der Waals surface area contributed by atoms with Crippen molar-refractivity contribution in [3.8, 4) is 11.8 Å². The lowest BCUT2D eigenvalue weighted by atomic mass is 10.1. The van der Waals surface area contributed by atoms with Crippen molar-refractivity contribution in [2.24, 2.45) is 5.92 Å². The summed E-state index contributed by atoms with van der Waals surface area (Å²) in [5.74, 6) is 6.18. The minimum atomic E-state index is -0.268. The molecule has 2 aromatic carbocycles. The molecule has 0 heterocycles. The number of urea groups is 1. The normalized spacial score (nSPS) is 13.7. The molecule has 0 aliphatic heterocycles. The van der Waals surface area contributed by atoms with Crippen LogP contribution in [0.2, 0.25) is 0 Å². The number of carbonyl (C=O) groups excluding carboxylic acids is 2. The fourth-order valence-corrected chi connectivity index (χ4v) is 2.57. The van der Waals surface area contributed by atoms with Gasteiger partial charge in [0.15, 0.2) is 0 Å². The Balaban J connectivity index is 1.43. The van der Waals surface area contributed by atoms with E-state index in [9.17, 15) is 9.59 Å². The SMILES string of the molecule is CC(NC(=O)NCC#Cc1ccccc1)c1ccc(NC(=O)C2CC2)cc1. The molecule has 27 heavy (non-hydrogen) atoms. The molecule has 0 aromatic heterocycles. The molecule has 1 saturated carbocycles. The number of carbonyl (C=O) groups is 2. The lowest BCUT2D eigenvalue weighted by molar-refractivity contribution is -0.117. The van der Waals surface area contributed by atoms with E-state index in [1.165, 1.54) is 0 Å². The maximum Gasteiger partial charge on any atom is 0.316 e. The smallest absolute Gasteiger partial charge is 0.316 e. The van der Waals surface area contributed by atoms with Crippen LogP contribution in [-0.4, -0.2) is 18.5 Å². The van der Waals surface area contributed by atoms with Gasteiger partial charge in [-0.15, -0.1) is 0 Å². The summed E-state index contributed by atoms with van der Waals surface area (Å²) >= 11 is 0. The standard InChI is InChI=1S/C22H23N3O2/c1-16(18-11-13-20(14-12-18)25-21(26)19-9-10-19)24-22(27)23-15-5-8-17-6-3-2-4-7-17/h2-4,6-7,11-14,16,19H,9-10,15H2,1H3,(H,25,26)(H2,23,24,27). The summed E-state index contributed by atoms with van der Waals surface area (Å²) in [5, 5.41) is 8.51. The van der Waals surface area contributed by atoms with Crippen LogP contribution in [-0.2, 0) is 4.79 Å². The Morgan fingerprint density at radius 1 is 1.07 bits per heavy atom. The summed E-state index contributed by atoms with van der Waals surface area (Å²) in [6, 6.07) is 16.7. The van der Waals surface area contributed by atoms with E-state index >= 15 is 0 Å². The minimum Gasteiger partial charge on any atom is -0.332 e. The van der Waals surface area contributed by atoms with Gasteiger partial charge in [0.1, 0.15) is 0 Å². The van der Waals surface area contributed by atoms with Gasteiger partial charge in [0, 0.05) is 17.2 Å². The molecule has 2 aromatic rings. The summed E-state index contributed by atoms with van der Waals surface area (Å²) in [6.45, 7) is 2.19. The lowest BCUT2D eigenvalue weighted by Gasteiger charge is -2.15. The zero-order valence-electron chi connectivity index (χ0n) is 15.3. The monoisotopic (exact) mass is 361 g/mol. The van der Waals surface area contributed by atoms with Gasteiger partial charge in [-0.25, -0.2) is 4.79 Å². The van der Waals surface area contributed by atoms with Crippen LogP contribution in [0.3, 0.4) is 0 Å². The van der Waals surface area contributed by atoms with E-state index in [-0.39, 0.29) is 30.4 Å². The Hall–Kier alpha value is -3.26. The predicted molar refractivity (Wildman–Crippen MR) is 106 cm³/mol. The Morgan fingerprint density at radius 3 is 2.44 bits per heavy atom. The van der Waals surface area contributed by atoms with E-state index < -0.39 is 0 Å². The highest BCUT2D eigenvalue weighted by molar-refractivity contribution is 5.94. The summed E-state index contributed by atoms with van der Waals surface area (Å²) in [4.78, 5) is 23.8. The van der Waals surface area contributed by atoms with Crippen LogP contribution in [0.1, 0.15) is 36.9 Å². The van der Waals surface area contributed by atoms with Crippen molar-refractivity contribution < 1.29 is 9.59 Å². The number of hydrogen-bond acceptors (Lipinski definition) is 2. The molecule has 0 bridgehead atoms. The Morgan fingerprint density at radius 2 is 1.78 bits per heavy atom. The molecule has 1 aliphatic rings. The van der Waals surface area contributed by atoms with Crippen molar-refractivity contribution in [2.45, 2.75) is 25.8 Å². The van der Waals surface area contributed by atoms with E-state index in [0.29, 0.717) is 0 Å². The predicted octanol–water partition coefficient (Wildman–Crippen LogP) is 3.45. The molecular formula is C22H23N3O2. The first-order valence-corrected chi connectivity index (χ1v) is 9.11. The van der Waals surface area contributed by atoms with Crippen LogP contribution >= 0.6 is 0 Å². The zero-order valence-corrected chi connectivity index (χ0v) is 15.3. The molecule has 3 rings (SSSR count). The zero-order chi connectivity index (χ0) is 19.1. The van der Waals surface area contributed by atoms with Gasteiger partial charge in [-0.2, -0.15) is 0 Å². The van der Waals surface area contributed by atoms with Crippen LogP contribution in [0.25, 0.3) is 0 Å². The van der Waals surface area contributed by atoms with Crippen molar-refractivity contribution in [3.05, 3.63) is 65.7 Å². The topological polar surface area (TPSA) is 70.2 Å². The van der Waals surface area contributed by atoms with E-state index in [4.69, 9.17) is 0 Å². The van der Waals surface area contributed by atoms with Crippen molar-refractivity contribution in [2.75, 3.05) is 11.9 Å². The number of anilines is 1. The second-order valence-electron chi connectivity index (χ2n) is 6.60. The average molecular weight is 361 g/mol. The van der Waals surface area contributed by atoms with E-state index in [1.54, 1.807) is 0 Å². The highest BCUT2D eigenvalue weighted by atomic mass is 16.2. The fourth-order valence-electron chi connectivity index (χ4n) is 2.57. The second-order valence-corrected chi connectivity index (χ2v) is 6.60. The Labute approximate surface area is 159 Å². The van der Waals surface area contributed by atoms with Gasteiger partial charge in [-0.1, -0.05) is 42.2 Å². The van der Waals surface area contributed by atoms with Crippen molar-refractivity contribution in [1.29, 1.82) is 0 Å². The number of benzene rings is 2. The molecule has 1 aliphatic carbocycles. The number of amides is 3. The molecule has 1 unspecified atom stereocenters. The van der Waals surface area contributed by atoms with Gasteiger partial charge >= 0.3 is 6.03 Å². The third kappa shape index (κ3) is 5.89. The van der Waals surface area contributed by atoms with Crippen LogP contribution in [0.15, 0.2) is 54.6 Å². The Kier molecular flexibility index (Phi) is 6.11. The summed E-state index contributed by atoms with van der Waals surface area (Å²) < 4.78 is 0. The quantitative estimate of drug-likeness (QED) is 0.714. The molecule has 3 N–H and O–H groups in total. The molecule has 0 spiro atoms. The molecule has 1 fully saturated rings. The van der Waals surface area contributed by atoms with Gasteiger partial charge in [0.25, 0.3) is 0 Å². The average Bonchev–Trinajstić information content (AvgIpc) is 3.52. The molecular weight excluding hydrogens is 338 g/mol. The van der Waals surface area contributed by atoms with Gasteiger partial charge in [0.2, 0.25) is 5.91 Å². The van der Waals surface area contributed by atoms with Crippen LogP contribution < -0.4 is 16.0 Å². The molecule has 5 heteroatoms. The van der Waals surface area contributed by atoms with Crippen molar-refractivity contribution in [3.63, 3.8) is 0 Å². The highest BCUT2D eigenvalue weighted by Gasteiger charge is 2.29. The fraction of sp³-hybridized carbons (Fsp3) is 0.273. The molecule has 5 nitrogen and oxygen atoms in total. The lowest BCUT2D eigenvalue weighted by Crippen LogP contribution is -2.37. The first-order chi connectivity index (χ1) is 13.1. The van der Waals surface area contributed by atoms with Crippen LogP contribution in [0.5, 0.6) is 0 Å². The highest BCUT2D eigenvalue weighted by Crippen LogP contribution is 2.30. The van der Waals surface area contributed by atoms with Crippen LogP contribution in [0.4, 0.5) is 10.5 Å². The van der Waals surface area contributed by atoms with E-state index in [1.807, 2.05) is 61.5 Å². The second kappa shape index (κ2) is 8.91. The Bertz CT molecular complexity index is 847. The number of rotatable bonds is 5. The first kappa shape index (κ1) is 18.5. The first-order valence-electron chi connectivity index (χ1n) is 9.11. The van der Waals surface area contributed by atoms with E-state index in [0.717, 1.165) is 29.7 Å². The largest absolute Gasteiger partial charge is 0.332 e. The molecule has 0 saturated heterocycles. The van der Waals surface area contributed by atoms with Gasteiger partial charge in [-0.05, 0) is 49.6 Å². The minimum absolute atomic E-state index is 0.0879. The van der Waals surface area contributed by atoms with Crippen LogP contribution in [0, 0.1) is 17.8 Å². The van der Waals surface area contributed by atoms with Gasteiger partial charge in [-0.3, -0.25) is 4.79 Å². The third-order valence-electron chi connectivity index (χ3n) is 4.32. The van der Waals surface area contributed by atoms with Crippen molar-refractivity contribution in [1.82, 2.24) is 10.6 Å². The number of nitrogens with one attached hydrogen (secondary N) is 3. The summed E-state index contributed by atoms with van der Waals surface area (Å²) in [6.07, 6.45) is 1.96. The van der Waals surface area contributed by atoms with Gasteiger partial charge in [0.05, 0.1) is 12.6 Å². The molecule has 138 valence electrons. The molecule has 0 radical (unpaired) electrons. The third-order valence-corrected chi connectivity index (χ3v) is 4.32.